The van der Waals surface area contributed by atoms with Crippen molar-refractivity contribution >= 4 is 23.2 Å². The molecule has 35 heavy (non-hydrogen) atoms. The Morgan fingerprint density at radius 2 is 1.91 bits per heavy atom. The van der Waals surface area contributed by atoms with Gasteiger partial charge >= 0.3 is 0 Å². The molecule has 1 atom stereocenters. The van der Waals surface area contributed by atoms with E-state index in [1.165, 1.54) is 6.08 Å². The molecule has 9 heteroatoms. The maximum absolute atomic E-state index is 9.37. The molecule has 3 fully saturated rings. The molecule has 0 unspecified atom stereocenters. The van der Waals surface area contributed by atoms with Crippen molar-refractivity contribution in [3.8, 4) is 29.8 Å². The van der Waals surface area contributed by atoms with Gasteiger partial charge < -0.3 is 14.8 Å². The summed E-state index contributed by atoms with van der Waals surface area (Å²) in [6, 6.07) is 8.94. The smallest absolute Gasteiger partial charge is 0.299 e. The number of aromatic nitrogens is 4. The molecule has 3 aliphatic carbocycles. The molecule has 2 aromatic heterocycles. The first-order valence-electron chi connectivity index (χ1n) is 11.8. The third kappa shape index (κ3) is 3.38. The fourth-order valence-electron chi connectivity index (χ4n) is 5.72. The van der Waals surface area contributed by atoms with Gasteiger partial charge in [0.1, 0.15) is 5.75 Å². The summed E-state index contributed by atoms with van der Waals surface area (Å²) in [5.41, 5.74) is 3.73. The van der Waals surface area contributed by atoms with Gasteiger partial charge in [-0.1, -0.05) is 6.92 Å². The third-order valence-electron chi connectivity index (χ3n) is 7.20. The van der Waals surface area contributed by atoms with Crippen LogP contribution in [0, 0.1) is 47.8 Å². The zero-order chi connectivity index (χ0) is 24.4. The minimum absolute atomic E-state index is 0.119. The second kappa shape index (κ2) is 7.44. The van der Waals surface area contributed by atoms with Crippen LogP contribution in [-0.2, 0) is 6.54 Å². The van der Waals surface area contributed by atoms with Gasteiger partial charge in [0.05, 0.1) is 24.2 Å². The highest BCUT2D eigenvalue weighted by molar-refractivity contribution is 5.80. The molecule has 9 nitrogen and oxygen atoms in total. The molecule has 1 aromatic carbocycles. The highest BCUT2D eigenvalue weighted by atomic mass is 16.5. The summed E-state index contributed by atoms with van der Waals surface area (Å²) in [4.78, 5) is 14.1. The van der Waals surface area contributed by atoms with E-state index < -0.39 is 0 Å². The summed E-state index contributed by atoms with van der Waals surface area (Å²) in [6.45, 7) is 7.42. The normalized spacial score (nSPS) is 26.1. The van der Waals surface area contributed by atoms with Crippen molar-refractivity contribution in [2.45, 2.75) is 52.1 Å². The standard InChI is InChI=1S/C26H25N7O2/c1-15-9-33-19-21(30-24(33)34-10-15)29-23(32-26-11-25(12-26,13-26)14-28)31-22(19)35-20-16(2)7-18(5-4-6-27)8-17(20)3/h4-5,7-8,15H,9-13H2,1-3H3,(H,29,31,32)/b5-4+/t15-,25?,26?/m1/s1. The predicted molar refractivity (Wildman–Crippen MR) is 129 cm³/mol. The predicted octanol–water partition coefficient (Wildman–Crippen LogP) is 4.66. The van der Waals surface area contributed by atoms with Crippen LogP contribution in [0.3, 0.4) is 0 Å². The second-order valence-corrected chi connectivity index (χ2v) is 10.3. The maximum Gasteiger partial charge on any atom is 0.299 e. The highest BCUT2D eigenvalue weighted by Gasteiger charge is 2.69. The lowest BCUT2D eigenvalue weighted by molar-refractivity contribution is -0.0665. The molecule has 0 spiro atoms. The van der Waals surface area contributed by atoms with Gasteiger partial charge in [-0.3, -0.25) is 4.57 Å². The van der Waals surface area contributed by atoms with E-state index in [-0.39, 0.29) is 11.0 Å². The van der Waals surface area contributed by atoms with E-state index in [1.54, 1.807) is 6.08 Å². The van der Waals surface area contributed by atoms with E-state index in [0.29, 0.717) is 47.3 Å². The van der Waals surface area contributed by atoms with E-state index in [2.05, 4.69) is 23.3 Å². The molecule has 0 saturated heterocycles. The summed E-state index contributed by atoms with van der Waals surface area (Å²) in [6.07, 6.45) is 5.67. The third-order valence-corrected chi connectivity index (χ3v) is 7.20. The van der Waals surface area contributed by atoms with E-state index in [4.69, 9.17) is 24.7 Å². The van der Waals surface area contributed by atoms with Gasteiger partial charge in [0.2, 0.25) is 5.95 Å². The second-order valence-electron chi connectivity index (χ2n) is 10.3. The van der Waals surface area contributed by atoms with Crippen molar-refractivity contribution in [2.24, 2.45) is 11.3 Å². The summed E-state index contributed by atoms with van der Waals surface area (Å²) in [5.74, 6) is 1.90. The summed E-state index contributed by atoms with van der Waals surface area (Å²) in [7, 11) is 0. The van der Waals surface area contributed by atoms with Crippen LogP contribution in [0.15, 0.2) is 18.2 Å². The molecule has 3 saturated carbocycles. The minimum Gasteiger partial charge on any atom is -0.464 e. The molecule has 3 aromatic rings. The minimum atomic E-state index is -0.177. The Morgan fingerprint density at radius 3 is 2.60 bits per heavy atom. The average Bonchev–Trinajstić information content (AvgIpc) is 3.13. The Morgan fingerprint density at radius 1 is 1.17 bits per heavy atom. The first-order valence-corrected chi connectivity index (χ1v) is 11.8. The summed E-state index contributed by atoms with van der Waals surface area (Å²) < 4.78 is 14.3. The molecular weight excluding hydrogens is 442 g/mol. The van der Waals surface area contributed by atoms with E-state index in [0.717, 1.165) is 42.5 Å². The van der Waals surface area contributed by atoms with Crippen molar-refractivity contribution in [3.63, 3.8) is 0 Å². The van der Waals surface area contributed by atoms with Crippen molar-refractivity contribution in [3.05, 3.63) is 34.9 Å². The molecule has 0 amide bonds. The van der Waals surface area contributed by atoms with Crippen LogP contribution in [0.25, 0.3) is 17.2 Å². The van der Waals surface area contributed by atoms with E-state index >= 15 is 0 Å². The van der Waals surface area contributed by atoms with Gasteiger partial charge in [-0.2, -0.15) is 25.5 Å². The Balaban J connectivity index is 1.42. The number of fused-ring (bicyclic) bond motifs is 3. The number of hydrogen-bond acceptors (Lipinski definition) is 8. The molecule has 4 aliphatic rings. The number of anilines is 1. The molecule has 0 radical (unpaired) electrons. The number of nitriles is 2. The Labute approximate surface area is 203 Å². The zero-order valence-electron chi connectivity index (χ0n) is 19.9. The van der Waals surface area contributed by atoms with Gasteiger partial charge in [-0.15, -0.1) is 0 Å². The van der Waals surface area contributed by atoms with Crippen molar-refractivity contribution in [1.82, 2.24) is 19.5 Å². The maximum atomic E-state index is 9.37. The number of ether oxygens (including phenoxy) is 2. The van der Waals surface area contributed by atoms with Crippen LogP contribution in [0.5, 0.6) is 17.6 Å². The van der Waals surface area contributed by atoms with E-state index in [1.807, 2.05) is 36.6 Å². The number of hydrogen-bond donors (Lipinski definition) is 1. The first-order chi connectivity index (χ1) is 16.8. The molecule has 176 valence electrons. The van der Waals surface area contributed by atoms with Crippen LogP contribution < -0.4 is 14.8 Å². The van der Waals surface area contributed by atoms with Crippen molar-refractivity contribution in [2.75, 3.05) is 11.9 Å². The van der Waals surface area contributed by atoms with Crippen LogP contribution in [-0.4, -0.2) is 31.7 Å². The molecule has 3 heterocycles. The summed E-state index contributed by atoms with van der Waals surface area (Å²) >= 11 is 0. The lowest BCUT2D eigenvalue weighted by Gasteiger charge is -2.66. The van der Waals surface area contributed by atoms with Gasteiger partial charge in [-0.05, 0) is 68.0 Å². The Kier molecular flexibility index (Phi) is 4.56. The number of rotatable bonds is 5. The quantitative estimate of drug-likeness (QED) is 0.538. The highest BCUT2D eigenvalue weighted by Crippen LogP contribution is 2.67. The first kappa shape index (κ1) is 21.4. The van der Waals surface area contributed by atoms with E-state index in [9.17, 15) is 5.26 Å². The van der Waals surface area contributed by atoms with Crippen LogP contribution in [0.1, 0.15) is 42.9 Å². The number of imidazole rings is 1. The number of aryl methyl sites for hydroxylation is 2. The monoisotopic (exact) mass is 467 g/mol. The van der Waals surface area contributed by atoms with Gasteiger partial charge in [0.15, 0.2) is 11.2 Å². The molecule has 7 rings (SSSR count). The SMILES string of the molecule is Cc1cc(/C=C/C#N)cc(C)c1Oc1nc(NC23CC(C#N)(C2)C3)nc2nc3n(c12)C[C@@H](C)CO3. The van der Waals surface area contributed by atoms with Crippen LogP contribution in [0.2, 0.25) is 0 Å². The largest absolute Gasteiger partial charge is 0.464 e. The fourth-order valence-corrected chi connectivity index (χ4v) is 5.72. The number of nitrogens with zero attached hydrogens (tertiary/aromatic N) is 6. The van der Waals surface area contributed by atoms with Crippen LogP contribution >= 0.6 is 0 Å². The molecule has 1 N–H and O–H groups in total. The lowest BCUT2D eigenvalue weighted by atomic mass is 9.40. The Bertz CT molecular complexity index is 1450. The van der Waals surface area contributed by atoms with Gasteiger partial charge in [0, 0.05) is 24.1 Å². The van der Waals surface area contributed by atoms with Gasteiger partial charge in [0.25, 0.3) is 11.9 Å². The average molecular weight is 468 g/mol. The molecule has 2 bridgehead atoms. The number of nitrogens with one attached hydrogen (secondary N) is 1. The zero-order valence-corrected chi connectivity index (χ0v) is 19.9. The van der Waals surface area contributed by atoms with Crippen molar-refractivity contribution in [1.29, 1.82) is 10.5 Å². The van der Waals surface area contributed by atoms with Crippen molar-refractivity contribution < 1.29 is 9.47 Å². The van der Waals surface area contributed by atoms with Crippen LogP contribution in [0.4, 0.5) is 5.95 Å². The molecular formula is C26H25N7O2. The topological polar surface area (TPSA) is 122 Å². The number of benzene rings is 1. The molecule has 1 aliphatic heterocycles. The Hall–Kier alpha value is -4.11. The fraction of sp³-hybridized carbons (Fsp3) is 0.423. The summed E-state index contributed by atoms with van der Waals surface area (Å²) in [5, 5.41) is 21.7. The lowest BCUT2D eigenvalue weighted by Crippen LogP contribution is -2.70. The number of allylic oxidation sites excluding steroid dienone is 1. The van der Waals surface area contributed by atoms with Gasteiger partial charge in [-0.25, -0.2) is 0 Å².